The van der Waals surface area contributed by atoms with Crippen molar-refractivity contribution < 1.29 is 14.3 Å². The van der Waals surface area contributed by atoms with E-state index in [4.69, 9.17) is 4.74 Å². The predicted octanol–water partition coefficient (Wildman–Crippen LogP) is 1.69. The molecule has 1 aromatic rings. The molecule has 0 saturated carbocycles. The molecule has 1 aromatic carbocycles. The number of benzene rings is 1. The third-order valence-electron chi connectivity index (χ3n) is 3.28. The normalized spacial score (nSPS) is 16.1. The monoisotopic (exact) mass is 249 g/mol. The van der Waals surface area contributed by atoms with E-state index in [1.807, 2.05) is 12.1 Å². The lowest BCUT2D eigenvalue weighted by molar-refractivity contribution is -0.143. The maximum atomic E-state index is 11.1. The van der Waals surface area contributed by atoms with E-state index in [0.29, 0.717) is 12.3 Å². The van der Waals surface area contributed by atoms with Gasteiger partial charge in [0.2, 0.25) is 0 Å². The first kappa shape index (κ1) is 12.9. The summed E-state index contributed by atoms with van der Waals surface area (Å²) in [7, 11) is 3.11. The Morgan fingerprint density at radius 3 is 2.50 bits per heavy atom. The average Bonchev–Trinajstić information content (AvgIpc) is 2.36. The van der Waals surface area contributed by atoms with Crippen LogP contribution in [0.25, 0.3) is 0 Å². The van der Waals surface area contributed by atoms with Crippen LogP contribution < -0.4 is 4.74 Å². The first-order valence-corrected chi connectivity index (χ1v) is 6.13. The molecule has 18 heavy (non-hydrogen) atoms. The number of rotatable bonds is 5. The molecular weight excluding hydrogens is 230 g/mol. The molecule has 0 spiro atoms. The molecule has 1 fully saturated rings. The van der Waals surface area contributed by atoms with Crippen molar-refractivity contribution in [3.63, 3.8) is 0 Å². The quantitative estimate of drug-likeness (QED) is 0.744. The second-order valence-corrected chi connectivity index (χ2v) is 4.69. The summed E-state index contributed by atoms with van der Waals surface area (Å²) in [6, 6.07) is 8.10. The van der Waals surface area contributed by atoms with Crippen LogP contribution in [0.5, 0.6) is 5.75 Å². The Labute approximate surface area is 107 Å². The van der Waals surface area contributed by atoms with Crippen LogP contribution in [0.3, 0.4) is 0 Å². The zero-order valence-electron chi connectivity index (χ0n) is 10.9. The van der Waals surface area contributed by atoms with Crippen molar-refractivity contribution >= 4 is 5.97 Å². The molecule has 1 saturated heterocycles. The van der Waals surface area contributed by atoms with Gasteiger partial charge in [-0.25, -0.2) is 0 Å². The molecule has 0 N–H and O–H groups in total. The fourth-order valence-electron chi connectivity index (χ4n) is 2.24. The Morgan fingerprint density at radius 2 is 1.94 bits per heavy atom. The molecule has 0 amide bonds. The summed E-state index contributed by atoms with van der Waals surface area (Å²) in [4.78, 5) is 13.4. The molecule has 0 aromatic heterocycles. The van der Waals surface area contributed by atoms with Crippen molar-refractivity contribution in [2.75, 3.05) is 27.3 Å². The van der Waals surface area contributed by atoms with Gasteiger partial charge in [0.1, 0.15) is 5.75 Å². The summed E-state index contributed by atoms with van der Waals surface area (Å²) >= 11 is 0. The number of carbonyl (C=O) groups excluding carboxylic acids is 1. The minimum atomic E-state index is -0.107. The fourth-order valence-corrected chi connectivity index (χ4v) is 2.24. The summed E-state index contributed by atoms with van der Waals surface area (Å²) in [5.41, 5.74) is 1.27. The van der Waals surface area contributed by atoms with E-state index in [-0.39, 0.29) is 5.97 Å². The van der Waals surface area contributed by atoms with Gasteiger partial charge in [-0.05, 0) is 23.6 Å². The van der Waals surface area contributed by atoms with Crippen LogP contribution in [0.1, 0.15) is 12.0 Å². The van der Waals surface area contributed by atoms with Gasteiger partial charge < -0.3 is 9.47 Å². The third kappa shape index (κ3) is 3.23. The van der Waals surface area contributed by atoms with Crippen molar-refractivity contribution in [2.24, 2.45) is 5.92 Å². The van der Waals surface area contributed by atoms with E-state index in [0.717, 1.165) is 25.4 Å². The standard InChI is InChI=1S/C14H19NO3/c1-17-13-5-3-11(4-6-13)8-15-9-12(10-15)7-14(16)18-2/h3-6,12H,7-10H2,1-2H3. The molecule has 1 aliphatic rings. The van der Waals surface area contributed by atoms with Crippen LogP contribution in [0, 0.1) is 5.92 Å². The second kappa shape index (κ2) is 5.87. The molecule has 98 valence electrons. The number of hydrogen-bond acceptors (Lipinski definition) is 4. The highest BCUT2D eigenvalue weighted by molar-refractivity contribution is 5.69. The minimum absolute atomic E-state index is 0.107. The van der Waals surface area contributed by atoms with Crippen LogP contribution in [0.2, 0.25) is 0 Å². The lowest BCUT2D eigenvalue weighted by Gasteiger charge is -2.38. The Kier molecular flexibility index (Phi) is 4.20. The number of hydrogen-bond donors (Lipinski definition) is 0. The van der Waals surface area contributed by atoms with Gasteiger partial charge in [-0.3, -0.25) is 9.69 Å². The Morgan fingerprint density at radius 1 is 1.28 bits per heavy atom. The summed E-state index contributed by atoms with van der Waals surface area (Å²) in [5, 5.41) is 0. The maximum absolute atomic E-state index is 11.1. The molecule has 4 nitrogen and oxygen atoms in total. The third-order valence-corrected chi connectivity index (χ3v) is 3.28. The maximum Gasteiger partial charge on any atom is 0.305 e. The zero-order chi connectivity index (χ0) is 13.0. The minimum Gasteiger partial charge on any atom is -0.497 e. The van der Waals surface area contributed by atoms with Gasteiger partial charge in [-0.1, -0.05) is 12.1 Å². The van der Waals surface area contributed by atoms with E-state index in [1.54, 1.807) is 7.11 Å². The van der Waals surface area contributed by atoms with Crippen LogP contribution in [0.4, 0.5) is 0 Å². The molecule has 0 unspecified atom stereocenters. The van der Waals surface area contributed by atoms with E-state index >= 15 is 0 Å². The van der Waals surface area contributed by atoms with E-state index in [1.165, 1.54) is 12.7 Å². The molecule has 4 heteroatoms. The van der Waals surface area contributed by atoms with Crippen molar-refractivity contribution in [1.29, 1.82) is 0 Å². The van der Waals surface area contributed by atoms with Crippen LogP contribution in [-0.2, 0) is 16.1 Å². The smallest absolute Gasteiger partial charge is 0.305 e. The van der Waals surface area contributed by atoms with Crippen LogP contribution in [0.15, 0.2) is 24.3 Å². The average molecular weight is 249 g/mol. The molecule has 2 rings (SSSR count). The predicted molar refractivity (Wildman–Crippen MR) is 68.4 cm³/mol. The van der Waals surface area contributed by atoms with Gasteiger partial charge in [0.05, 0.1) is 20.6 Å². The van der Waals surface area contributed by atoms with Gasteiger partial charge in [-0.2, -0.15) is 0 Å². The molecule has 0 bridgehead atoms. The van der Waals surface area contributed by atoms with Crippen LogP contribution >= 0.6 is 0 Å². The highest BCUT2D eigenvalue weighted by Gasteiger charge is 2.28. The van der Waals surface area contributed by atoms with Crippen LogP contribution in [-0.4, -0.2) is 38.2 Å². The summed E-state index contributed by atoms with van der Waals surface area (Å²) < 4.78 is 9.79. The lowest BCUT2D eigenvalue weighted by Crippen LogP contribution is -2.46. The molecule has 0 radical (unpaired) electrons. The van der Waals surface area contributed by atoms with Gasteiger partial charge >= 0.3 is 5.97 Å². The fraction of sp³-hybridized carbons (Fsp3) is 0.500. The SMILES string of the molecule is COC(=O)CC1CN(Cc2ccc(OC)cc2)C1. The largest absolute Gasteiger partial charge is 0.497 e. The first-order chi connectivity index (χ1) is 8.71. The summed E-state index contributed by atoms with van der Waals surface area (Å²) in [6.07, 6.45) is 0.537. The topological polar surface area (TPSA) is 38.8 Å². The molecule has 1 heterocycles. The highest BCUT2D eigenvalue weighted by atomic mass is 16.5. The van der Waals surface area contributed by atoms with E-state index in [2.05, 4.69) is 21.8 Å². The Bertz CT molecular complexity index is 396. The summed E-state index contributed by atoms with van der Waals surface area (Å²) in [6.45, 7) is 2.88. The second-order valence-electron chi connectivity index (χ2n) is 4.69. The molecular formula is C14H19NO3. The molecule has 1 aliphatic heterocycles. The van der Waals surface area contributed by atoms with E-state index in [9.17, 15) is 4.79 Å². The number of ether oxygens (including phenoxy) is 2. The lowest BCUT2D eigenvalue weighted by atomic mass is 9.96. The van der Waals surface area contributed by atoms with Crippen molar-refractivity contribution in [3.05, 3.63) is 29.8 Å². The van der Waals surface area contributed by atoms with Crippen molar-refractivity contribution in [3.8, 4) is 5.75 Å². The highest BCUT2D eigenvalue weighted by Crippen LogP contribution is 2.22. The number of esters is 1. The van der Waals surface area contributed by atoms with Gasteiger partial charge in [0.25, 0.3) is 0 Å². The van der Waals surface area contributed by atoms with Gasteiger partial charge in [0.15, 0.2) is 0 Å². The number of carbonyl (C=O) groups is 1. The number of nitrogens with zero attached hydrogens (tertiary/aromatic N) is 1. The first-order valence-electron chi connectivity index (χ1n) is 6.13. The van der Waals surface area contributed by atoms with Gasteiger partial charge in [0, 0.05) is 19.6 Å². The van der Waals surface area contributed by atoms with E-state index < -0.39 is 0 Å². The Hall–Kier alpha value is -1.55. The summed E-state index contributed by atoms with van der Waals surface area (Å²) in [5.74, 6) is 1.23. The van der Waals surface area contributed by atoms with Crippen molar-refractivity contribution in [1.82, 2.24) is 4.90 Å². The zero-order valence-corrected chi connectivity index (χ0v) is 10.9. The van der Waals surface area contributed by atoms with Crippen molar-refractivity contribution in [2.45, 2.75) is 13.0 Å². The molecule has 0 aliphatic carbocycles. The number of likely N-dealkylation sites (tertiary alicyclic amines) is 1. The Balaban J connectivity index is 1.74. The van der Waals surface area contributed by atoms with Gasteiger partial charge in [-0.15, -0.1) is 0 Å². The number of methoxy groups -OCH3 is 2. The molecule has 0 atom stereocenters.